The molecule has 1 amide bonds. The Kier molecular flexibility index (Phi) is 8.96. The molecule has 148 valence electrons. The standard InChI is InChI=1S/C18H27N3O3.2ClH/c1-20-12-13(19)11-17(20)18(22)21-9-7-16(8-10-21)24-15-5-3-14(23-2)4-6-15;;/h3-6,13,16-17H,7-12,19H2,1-2H3;2*1H/t13-,17-;;/m0../s1. The van der Waals surface area contributed by atoms with Crippen LogP contribution in [0.2, 0.25) is 0 Å². The van der Waals surface area contributed by atoms with Gasteiger partial charge < -0.3 is 20.1 Å². The lowest BCUT2D eigenvalue weighted by molar-refractivity contribution is -0.137. The lowest BCUT2D eigenvalue weighted by atomic mass is 10.1. The van der Waals surface area contributed by atoms with Gasteiger partial charge in [0, 0.05) is 38.5 Å². The number of methoxy groups -OCH3 is 1. The quantitative estimate of drug-likeness (QED) is 0.828. The largest absolute Gasteiger partial charge is 0.497 e. The Hall–Kier alpha value is -1.21. The predicted molar refractivity (Wildman–Crippen MR) is 107 cm³/mol. The molecule has 2 N–H and O–H groups in total. The third-order valence-corrected chi connectivity index (χ3v) is 4.98. The fourth-order valence-electron chi connectivity index (χ4n) is 3.58. The highest BCUT2D eigenvalue weighted by Crippen LogP contribution is 2.23. The van der Waals surface area contributed by atoms with Crippen molar-refractivity contribution in [2.24, 2.45) is 5.73 Å². The molecular weight excluding hydrogens is 377 g/mol. The zero-order chi connectivity index (χ0) is 17.1. The molecule has 26 heavy (non-hydrogen) atoms. The van der Waals surface area contributed by atoms with E-state index < -0.39 is 0 Å². The highest BCUT2D eigenvalue weighted by atomic mass is 35.5. The first kappa shape index (κ1) is 22.8. The van der Waals surface area contributed by atoms with Crippen LogP contribution in [0.3, 0.4) is 0 Å². The predicted octanol–water partition coefficient (Wildman–Crippen LogP) is 1.94. The molecule has 1 aromatic carbocycles. The highest BCUT2D eigenvalue weighted by Gasteiger charge is 2.36. The number of halogens is 2. The van der Waals surface area contributed by atoms with Gasteiger partial charge in [-0.1, -0.05) is 0 Å². The number of rotatable bonds is 4. The molecule has 0 spiro atoms. The van der Waals surface area contributed by atoms with Gasteiger partial charge in [-0.2, -0.15) is 0 Å². The second kappa shape index (κ2) is 10.2. The van der Waals surface area contributed by atoms with Crippen molar-refractivity contribution in [2.45, 2.75) is 37.5 Å². The van der Waals surface area contributed by atoms with E-state index in [1.54, 1.807) is 7.11 Å². The van der Waals surface area contributed by atoms with Crippen LogP contribution >= 0.6 is 24.8 Å². The van der Waals surface area contributed by atoms with Crippen LogP contribution in [0.4, 0.5) is 0 Å². The Labute approximate surface area is 167 Å². The van der Waals surface area contributed by atoms with Gasteiger partial charge in [0.15, 0.2) is 0 Å². The second-order valence-electron chi connectivity index (χ2n) is 6.77. The minimum absolute atomic E-state index is 0. The van der Waals surface area contributed by atoms with Gasteiger partial charge in [-0.3, -0.25) is 9.69 Å². The van der Waals surface area contributed by atoms with Crippen molar-refractivity contribution < 1.29 is 14.3 Å². The molecule has 3 rings (SSSR count). The molecule has 2 atom stereocenters. The number of ether oxygens (including phenoxy) is 2. The van der Waals surface area contributed by atoms with Gasteiger partial charge in [0.05, 0.1) is 13.2 Å². The zero-order valence-corrected chi connectivity index (χ0v) is 16.9. The fraction of sp³-hybridized carbons (Fsp3) is 0.611. The molecule has 0 aromatic heterocycles. The Bertz CT molecular complexity index is 565. The number of nitrogens with zero attached hydrogens (tertiary/aromatic N) is 2. The van der Waals surface area contributed by atoms with Crippen molar-refractivity contribution in [3.63, 3.8) is 0 Å². The van der Waals surface area contributed by atoms with E-state index >= 15 is 0 Å². The molecule has 0 aliphatic carbocycles. The van der Waals surface area contributed by atoms with Gasteiger partial charge in [-0.05, 0) is 37.7 Å². The number of benzene rings is 1. The Morgan fingerprint density at radius 1 is 1.12 bits per heavy atom. The lowest BCUT2D eigenvalue weighted by Gasteiger charge is -2.34. The van der Waals surface area contributed by atoms with Crippen LogP contribution in [0.5, 0.6) is 11.5 Å². The third kappa shape index (κ3) is 5.39. The summed E-state index contributed by atoms with van der Waals surface area (Å²) in [7, 11) is 3.63. The first-order valence-corrected chi connectivity index (χ1v) is 8.62. The van der Waals surface area contributed by atoms with Gasteiger partial charge in [-0.25, -0.2) is 0 Å². The van der Waals surface area contributed by atoms with E-state index in [-0.39, 0.29) is 48.9 Å². The van der Waals surface area contributed by atoms with Crippen LogP contribution < -0.4 is 15.2 Å². The number of nitrogens with two attached hydrogens (primary N) is 1. The van der Waals surface area contributed by atoms with Crippen molar-refractivity contribution >= 4 is 30.7 Å². The SMILES string of the molecule is COc1ccc(OC2CCN(C(=O)[C@@H]3C[C@H](N)CN3C)CC2)cc1.Cl.Cl. The number of carbonyl (C=O) groups is 1. The molecule has 2 aliphatic heterocycles. The molecule has 8 heteroatoms. The van der Waals surface area contributed by atoms with E-state index in [2.05, 4.69) is 4.90 Å². The number of likely N-dealkylation sites (tertiary alicyclic amines) is 2. The second-order valence-corrected chi connectivity index (χ2v) is 6.77. The summed E-state index contributed by atoms with van der Waals surface area (Å²) in [5.74, 6) is 1.89. The molecule has 0 radical (unpaired) electrons. The van der Waals surface area contributed by atoms with Crippen LogP contribution in [0, 0.1) is 0 Å². The molecule has 2 aliphatic rings. The monoisotopic (exact) mass is 405 g/mol. The van der Waals surface area contributed by atoms with Crippen molar-refractivity contribution in [1.29, 1.82) is 0 Å². The Morgan fingerprint density at radius 2 is 1.69 bits per heavy atom. The van der Waals surface area contributed by atoms with Gasteiger partial charge in [0.2, 0.25) is 5.91 Å². The van der Waals surface area contributed by atoms with Crippen LogP contribution in [0.1, 0.15) is 19.3 Å². The smallest absolute Gasteiger partial charge is 0.239 e. The van der Waals surface area contributed by atoms with Crippen LogP contribution in [0.15, 0.2) is 24.3 Å². The van der Waals surface area contributed by atoms with Crippen molar-refractivity contribution in [1.82, 2.24) is 9.80 Å². The number of amides is 1. The number of carbonyl (C=O) groups excluding carboxylic acids is 1. The molecule has 2 saturated heterocycles. The van der Waals surface area contributed by atoms with Gasteiger partial charge >= 0.3 is 0 Å². The van der Waals surface area contributed by atoms with Crippen LogP contribution in [0.25, 0.3) is 0 Å². The van der Waals surface area contributed by atoms with E-state index in [1.807, 2.05) is 36.2 Å². The minimum Gasteiger partial charge on any atom is -0.497 e. The average molecular weight is 406 g/mol. The summed E-state index contributed by atoms with van der Waals surface area (Å²) in [6.07, 6.45) is 2.64. The van der Waals surface area contributed by atoms with E-state index in [1.165, 1.54) is 0 Å². The first-order chi connectivity index (χ1) is 11.6. The molecule has 2 heterocycles. The summed E-state index contributed by atoms with van der Waals surface area (Å²) in [6.45, 7) is 2.30. The van der Waals surface area contributed by atoms with Crippen molar-refractivity contribution in [3.05, 3.63) is 24.3 Å². The third-order valence-electron chi connectivity index (χ3n) is 4.98. The van der Waals surface area contributed by atoms with Gasteiger partial charge in [-0.15, -0.1) is 24.8 Å². The Morgan fingerprint density at radius 3 is 2.19 bits per heavy atom. The molecule has 0 bridgehead atoms. The lowest BCUT2D eigenvalue weighted by Crippen LogP contribution is -2.48. The number of likely N-dealkylation sites (N-methyl/N-ethyl adjacent to an activating group) is 1. The zero-order valence-electron chi connectivity index (χ0n) is 15.3. The normalized spacial score (nSPS) is 23.7. The Balaban J connectivity index is 0.00000169. The van der Waals surface area contributed by atoms with E-state index in [4.69, 9.17) is 15.2 Å². The fourth-order valence-corrected chi connectivity index (χ4v) is 3.58. The van der Waals surface area contributed by atoms with Gasteiger partial charge in [0.1, 0.15) is 17.6 Å². The van der Waals surface area contributed by atoms with Crippen LogP contribution in [-0.4, -0.2) is 67.7 Å². The molecule has 2 fully saturated rings. The van der Waals surface area contributed by atoms with E-state index in [0.29, 0.717) is 0 Å². The number of hydrogen-bond donors (Lipinski definition) is 1. The van der Waals surface area contributed by atoms with Crippen LogP contribution in [-0.2, 0) is 4.79 Å². The first-order valence-electron chi connectivity index (χ1n) is 8.62. The maximum atomic E-state index is 12.7. The van der Waals surface area contributed by atoms with Gasteiger partial charge in [0.25, 0.3) is 0 Å². The summed E-state index contributed by atoms with van der Waals surface area (Å²) < 4.78 is 11.2. The average Bonchev–Trinajstić information content (AvgIpc) is 2.94. The van der Waals surface area contributed by atoms with Crippen molar-refractivity contribution in [2.75, 3.05) is 33.8 Å². The molecule has 1 aromatic rings. The molecule has 0 saturated carbocycles. The van der Waals surface area contributed by atoms with Crippen molar-refractivity contribution in [3.8, 4) is 11.5 Å². The van der Waals surface area contributed by atoms with E-state index in [0.717, 1.165) is 50.4 Å². The summed E-state index contributed by atoms with van der Waals surface area (Å²) >= 11 is 0. The highest BCUT2D eigenvalue weighted by molar-refractivity contribution is 5.85. The maximum Gasteiger partial charge on any atom is 0.239 e. The minimum atomic E-state index is -0.0564. The molecule has 0 unspecified atom stereocenters. The summed E-state index contributed by atoms with van der Waals surface area (Å²) in [4.78, 5) is 16.7. The number of hydrogen-bond acceptors (Lipinski definition) is 5. The molecule has 6 nitrogen and oxygen atoms in total. The summed E-state index contributed by atoms with van der Waals surface area (Å²) in [6, 6.07) is 7.69. The molecular formula is C18H29Cl2N3O3. The summed E-state index contributed by atoms with van der Waals surface area (Å²) in [5, 5.41) is 0. The topological polar surface area (TPSA) is 68.0 Å². The summed E-state index contributed by atoms with van der Waals surface area (Å²) in [5.41, 5.74) is 5.97. The maximum absolute atomic E-state index is 12.7. The number of piperidine rings is 1. The van der Waals surface area contributed by atoms with E-state index in [9.17, 15) is 4.79 Å².